The van der Waals surface area contributed by atoms with Crippen molar-refractivity contribution in [1.29, 1.82) is 0 Å². The van der Waals surface area contributed by atoms with Crippen LogP contribution in [-0.2, 0) is 6.54 Å². The van der Waals surface area contributed by atoms with E-state index in [1.807, 2.05) is 25.6 Å². The van der Waals surface area contributed by atoms with Gasteiger partial charge in [0.15, 0.2) is 5.13 Å². The molecule has 0 amide bonds. The number of nitrogens with one attached hydrogen (secondary N) is 2. The molecule has 0 radical (unpaired) electrons. The Bertz CT molecular complexity index is 1290. The number of aromatic amines is 1. The first-order valence-corrected chi connectivity index (χ1v) is 10.9. The zero-order valence-corrected chi connectivity index (χ0v) is 17.7. The van der Waals surface area contributed by atoms with Crippen LogP contribution in [-0.4, -0.2) is 19.5 Å². The third-order valence-electron chi connectivity index (χ3n) is 5.34. The van der Waals surface area contributed by atoms with E-state index in [0.717, 1.165) is 23.0 Å². The lowest BCUT2D eigenvalue weighted by Gasteiger charge is -2.13. The number of thiazole rings is 1. The number of H-pyrrole nitrogens is 1. The molecule has 1 saturated carbocycles. The first-order chi connectivity index (χ1) is 14.5. The highest BCUT2D eigenvalue weighted by Gasteiger charge is 2.23. The molecule has 9 heteroatoms. The molecule has 1 aliphatic carbocycles. The lowest BCUT2D eigenvalue weighted by atomic mass is 10.1. The maximum absolute atomic E-state index is 13.7. The molecular weight excluding hydrogens is 425 g/mol. The van der Waals surface area contributed by atoms with Crippen molar-refractivity contribution in [2.75, 3.05) is 5.32 Å². The van der Waals surface area contributed by atoms with Crippen molar-refractivity contribution in [2.24, 2.45) is 5.92 Å². The molecule has 6 nitrogen and oxygen atoms in total. The molecule has 3 heterocycles. The standard InChI is InChI=1S/C21H19ClFN5OS/c1-11(14-4-13-5-15(22)16(23)6-17(13)27-20(14)29)26-21-25-8-19(30-21)18-7-24-10-28(18)9-12-2-3-12/h4-8,10-12H,2-3,9H2,1H3,(H,25,26)(H,27,29). The number of halogens is 2. The van der Waals surface area contributed by atoms with Gasteiger partial charge in [0, 0.05) is 23.7 Å². The number of anilines is 1. The minimum Gasteiger partial charge on any atom is -0.355 e. The predicted molar refractivity (Wildman–Crippen MR) is 118 cm³/mol. The zero-order valence-electron chi connectivity index (χ0n) is 16.2. The minimum absolute atomic E-state index is 0.0217. The molecule has 30 heavy (non-hydrogen) atoms. The van der Waals surface area contributed by atoms with Gasteiger partial charge in [0.05, 0.1) is 39.7 Å². The molecular formula is C21H19ClFN5OS. The van der Waals surface area contributed by atoms with Gasteiger partial charge < -0.3 is 14.9 Å². The molecule has 0 aliphatic heterocycles. The van der Waals surface area contributed by atoms with Crippen molar-refractivity contribution in [3.05, 3.63) is 63.7 Å². The van der Waals surface area contributed by atoms with Crippen molar-refractivity contribution in [3.63, 3.8) is 0 Å². The molecule has 1 atom stereocenters. The van der Waals surface area contributed by atoms with Gasteiger partial charge >= 0.3 is 0 Å². The lowest BCUT2D eigenvalue weighted by molar-refractivity contribution is 0.629. The maximum atomic E-state index is 13.7. The number of aromatic nitrogens is 4. The second-order valence-corrected chi connectivity index (χ2v) is 9.12. The Balaban J connectivity index is 1.39. The SMILES string of the molecule is CC(Nc1ncc(-c2cncn2CC2CC2)s1)c1cc2cc(Cl)c(F)cc2[nH]c1=O. The highest BCUT2D eigenvalue weighted by Crippen LogP contribution is 2.35. The fraction of sp³-hybridized carbons (Fsp3) is 0.286. The van der Waals surface area contributed by atoms with E-state index in [2.05, 4.69) is 24.8 Å². The van der Waals surface area contributed by atoms with Crippen molar-refractivity contribution in [3.8, 4) is 10.6 Å². The smallest absolute Gasteiger partial charge is 0.253 e. The van der Waals surface area contributed by atoms with Crippen molar-refractivity contribution in [1.82, 2.24) is 19.5 Å². The topological polar surface area (TPSA) is 75.6 Å². The van der Waals surface area contributed by atoms with Gasteiger partial charge in [-0.25, -0.2) is 14.4 Å². The third kappa shape index (κ3) is 3.73. The number of pyridine rings is 1. The van der Waals surface area contributed by atoms with E-state index < -0.39 is 5.82 Å². The van der Waals surface area contributed by atoms with Gasteiger partial charge in [-0.1, -0.05) is 22.9 Å². The van der Waals surface area contributed by atoms with E-state index in [0.29, 0.717) is 21.6 Å². The van der Waals surface area contributed by atoms with Crippen LogP contribution in [0.4, 0.5) is 9.52 Å². The quantitative estimate of drug-likeness (QED) is 0.428. The largest absolute Gasteiger partial charge is 0.355 e. The van der Waals surface area contributed by atoms with Crippen LogP contribution in [0.25, 0.3) is 21.5 Å². The zero-order chi connectivity index (χ0) is 20.8. The summed E-state index contributed by atoms with van der Waals surface area (Å²) in [7, 11) is 0. The summed E-state index contributed by atoms with van der Waals surface area (Å²) < 4.78 is 15.8. The van der Waals surface area contributed by atoms with Crippen LogP contribution in [0.5, 0.6) is 0 Å². The Morgan fingerprint density at radius 2 is 2.20 bits per heavy atom. The molecule has 2 N–H and O–H groups in total. The van der Waals surface area contributed by atoms with E-state index in [4.69, 9.17) is 11.6 Å². The van der Waals surface area contributed by atoms with E-state index in [9.17, 15) is 9.18 Å². The number of rotatable bonds is 6. The van der Waals surface area contributed by atoms with Gasteiger partial charge in [0.25, 0.3) is 5.56 Å². The minimum atomic E-state index is -0.560. The molecule has 1 aliphatic rings. The maximum Gasteiger partial charge on any atom is 0.253 e. The van der Waals surface area contributed by atoms with Crippen LogP contribution in [0.1, 0.15) is 31.4 Å². The molecule has 154 valence electrons. The van der Waals surface area contributed by atoms with Crippen LogP contribution in [0.15, 0.2) is 41.7 Å². The molecule has 1 unspecified atom stereocenters. The summed E-state index contributed by atoms with van der Waals surface area (Å²) in [6, 6.07) is 4.19. The van der Waals surface area contributed by atoms with Crippen molar-refractivity contribution >= 4 is 39.0 Å². The Morgan fingerprint density at radius 3 is 3.00 bits per heavy atom. The number of nitrogens with zero attached hydrogens (tertiary/aromatic N) is 3. The summed E-state index contributed by atoms with van der Waals surface area (Å²) in [5.74, 6) is 0.195. The summed E-state index contributed by atoms with van der Waals surface area (Å²) in [4.78, 5) is 25.0. The van der Waals surface area contributed by atoms with Crippen LogP contribution >= 0.6 is 22.9 Å². The molecule has 0 spiro atoms. The fourth-order valence-electron chi connectivity index (χ4n) is 3.51. The van der Waals surface area contributed by atoms with Crippen LogP contribution in [0.2, 0.25) is 5.02 Å². The number of fused-ring (bicyclic) bond motifs is 1. The van der Waals surface area contributed by atoms with Gasteiger partial charge in [-0.05, 0) is 43.9 Å². The fourth-order valence-corrected chi connectivity index (χ4v) is 4.61. The highest BCUT2D eigenvalue weighted by molar-refractivity contribution is 7.18. The summed E-state index contributed by atoms with van der Waals surface area (Å²) in [6.45, 7) is 2.88. The average molecular weight is 444 g/mol. The van der Waals surface area contributed by atoms with Crippen LogP contribution in [0.3, 0.4) is 0 Å². The summed E-state index contributed by atoms with van der Waals surface area (Å²) in [5, 5.41) is 4.71. The first-order valence-electron chi connectivity index (χ1n) is 9.73. The van der Waals surface area contributed by atoms with E-state index in [1.54, 1.807) is 6.07 Å². The summed E-state index contributed by atoms with van der Waals surface area (Å²) >= 11 is 7.41. The van der Waals surface area contributed by atoms with Crippen LogP contribution in [0, 0.1) is 11.7 Å². The normalized spacial score (nSPS) is 14.9. The van der Waals surface area contributed by atoms with E-state index in [1.165, 1.54) is 36.3 Å². The highest BCUT2D eigenvalue weighted by atomic mass is 35.5. The Kier molecular flexibility index (Phi) is 4.83. The Hall–Kier alpha value is -2.71. The summed E-state index contributed by atoms with van der Waals surface area (Å²) in [6.07, 6.45) is 8.12. The van der Waals surface area contributed by atoms with Crippen LogP contribution < -0.4 is 10.9 Å². The monoisotopic (exact) mass is 443 g/mol. The van der Waals surface area contributed by atoms with Gasteiger partial charge in [-0.15, -0.1) is 0 Å². The number of hydrogen-bond donors (Lipinski definition) is 2. The number of benzene rings is 1. The molecule has 0 saturated heterocycles. The van der Waals surface area contributed by atoms with Gasteiger partial charge in [0.2, 0.25) is 0 Å². The first kappa shape index (κ1) is 19.3. The molecule has 4 aromatic rings. The van der Waals surface area contributed by atoms with Crippen molar-refractivity contribution in [2.45, 2.75) is 32.4 Å². The van der Waals surface area contributed by atoms with E-state index >= 15 is 0 Å². The Labute approximate surface area is 180 Å². The van der Waals surface area contributed by atoms with Gasteiger partial charge in [-0.3, -0.25) is 4.79 Å². The van der Waals surface area contributed by atoms with E-state index in [-0.39, 0.29) is 16.6 Å². The third-order valence-corrected chi connectivity index (χ3v) is 6.58. The Morgan fingerprint density at radius 1 is 1.37 bits per heavy atom. The molecule has 5 rings (SSSR count). The predicted octanol–water partition coefficient (Wildman–Crippen LogP) is 5.22. The van der Waals surface area contributed by atoms with Gasteiger partial charge in [0.1, 0.15) is 5.82 Å². The second-order valence-electron chi connectivity index (χ2n) is 7.68. The second kappa shape index (κ2) is 7.52. The summed E-state index contributed by atoms with van der Waals surface area (Å²) in [5.41, 5.74) is 1.72. The molecule has 1 aromatic carbocycles. The lowest BCUT2D eigenvalue weighted by Crippen LogP contribution is -2.19. The number of hydrogen-bond acceptors (Lipinski definition) is 5. The number of imidazole rings is 1. The molecule has 1 fully saturated rings. The molecule has 3 aromatic heterocycles. The van der Waals surface area contributed by atoms with Crippen molar-refractivity contribution < 1.29 is 4.39 Å². The average Bonchev–Trinajstić information content (AvgIpc) is 3.20. The molecule has 0 bridgehead atoms. The van der Waals surface area contributed by atoms with Gasteiger partial charge in [-0.2, -0.15) is 0 Å².